The van der Waals surface area contributed by atoms with Crippen LogP contribution in [-0.4, -0.2) is 43.2 Å². The van der Waals surface area contributed by atoms with Crippen LogP contribution in [0, 0.1) is 0 Å². The molecule has 0 saturated heterocycles. The number of aliphatic imine (C=N–C) groups is 1. The van der Waals surface area contributed by atoms with Crippen LogP contribution in [0.15, 0.2) is 23.2 Å². The molecule has 0 spiro atoms. The predicted molar refractivity (Wildman–Crippen MR) is 88.9 cm³/mol. The van der Waals surface area contributed by atoms with Crippen LogP contribution in [0.2, 0.25) is 0 Å². The van der Waals surface area contributed by atoms with Crippen molar-refractivity contribution >= 4 is 12.0 Å². The SMILES string of the molecule is CCCCC(O)(c1ccc(/N=C/N(C)CC)cc1OC)C(F)(F)F. The van der Waals surface area contributed by atoms with E-state index in [1.807, 2.05) is 18.9 Å². The van der Waals surface area contributed by atoms with E-state index in [1.165, 1.54) is 25.3 Å². The fourth-order valence-electron chi connectivity index (χ4n) is 2.21. The van der Waals surface area contributed by atoms with Crippen molar-refractivity contribution in [1.29, 1.82) is 0 Å². The lowest BCUT2D eigenvalue weighted by Crippen LogP contribution is -2.42. The van der Waals surface area contributed by atoms with Gasteiger partial charge in [0.15, 0.2) is 5.60 Å². The Hall–Kier alpha value is -1.76. The normalized spacial score (nSPS) is 14.7. The van der Waals surface area contributed by atoms with E-state index in [0.29, 0.717) is 12.1 Å². The molecule has 0 bridgehead atoms. The summed E-state index contributed by atoms with van der Waals surface area (Å²) in [6.07, 6.45) is -2.82. The zero-order valence-electron chi connectivity index (χ0n) is 14.5. The zero-order chi connectivity index (χ0) is 18.4. The van der Waals surface area contributed by atoms with E-state index in [4.69, 9.17) is 4.74 Å². The van der Waals surface area contributed by atoms with Gasteiger partial charge in [-0.05, 0) is 25.5 Å². The molecule has 1 unspecified atom stereocenters. The number of rotatable bonds is 8. The van der Waals surface area contributed by atoms with E-state index in [9.17, 15) is 18.3 Å². The molecule has 0 aliphatic heterocycles. The summed E-state index contributed by atoms with van der Waals surface area (Å²) < 4.78 is 45.6. The summed E-state index contributed by atoms with van der Waals surface area (Å²) in [6, 6.07) is 4.08. The molecule has 0 radical (unpaired) electrons. The number of alkyl halides is 3. The number of aliphatic hydroxyl groups is 1. The van der Waals surface area contributed by atoms with Crippen LogP contribution in [-0.2, 0) is 5.60 Å². The molecule has 4 nitrogen and oxygen atoms in total. The van der Waals surface area contributed by atoms with Crippen molar-refractivity contribution < 1.29 is 23.0 Å². The van der Waals surface area contributed by atoms with Gasteiger partial charge >= 0.3 is 6.18 Å². The molecule has 1 atom stereocenters. The summed E-state index contributed by atoms with van der Waals surface area (Å²) in [4.78, 5) is 6.02. The molecule has 1 aromatic rings. The highest BCUT2D eigenvalue weighted by Gasteiger charge is 2.55. The second kappa shape index (κ2) is 8.37. The molecule has 0 saturated carbocycles. The van der Waals surface area contributed by atoms with E-state index >= 15 is 0 Å². The second-order valence-corrected chi connectivity index (χ2v) is 5.66. The zero-order valence-corrected chi connectivity index (χ0v) is 14.5. The monoisotopic (exact) mass is 346 g/mol. The first-order chi connectivity index (χ1) is 11.2. The van der Waals surface area contributed by atoms with Gasteiger partial charge < -0.3 is 14.7 Å². The van der Waals surface area contributed by atoms with Crippen LogP contribution < -0.4 is 4.74 Å². The van der Waals surface area contributed by atoms with Gasteiger partial charge in [0.2, 0.25) is 0 Å². The summed E-state index contributed by atoms with van der Waals surface area (Å²) in [5.74, 6) is -0.0280. The molecular formula is C17H25F3N2O2. The van der Waals surface area contributed by atoms with Gasteiger partial charge in [-0.15, -0.1) is 0 Å². The highest BCUT2D eigenvalue weighted by molar-refractivity contribution is 5.62. The largest absolute Gasteiger partial charge is 0.496 e. The Kier molecular flexibility index (Phi) is 7.08. The minimum Gasteiger partial charge on any atom is -0.496 e. The minimum absolute atomic E-state index is 0.0280. The van der Waals surface area contributed by atoms with Crippen molar-refractivity contribution in [3.05, 3.63) is 23.8 Å². The van der Waals surface area contributed by atoms with Crippen molar-refractivity contribution in [2.75, 3.05) is 20.7 Å². The minimum atomic E-state index is -4.79. The van der Waals surface area contributed by atoms with Crippen LogP contribution in [0.3, 0.4) is 0 Å². The van der Waals surface area contributed by atoms with Gasteiger partial charge in [0.25, 0.3) is 0 Å². The van der Waals surface area contributed by atoms with E-state index in [0.717, 1.165) is 6.54 Å². The average molecular weight is 346 g/mol. The third-order valence-corrected chi connectivity index (χ3v) is 3.89. The lowest BCUT2D eigenvalue weighted by molar-refractivity contribution is -0.270. The van der Waals surface area contributed by atoms with E-state index in [-0.39, 0.29) is 17.7 Å². The lowest BCUT2D eigenvalue weighted by Gasteiger charge is -2.32. The molecule has 0 heterocycles. The molecule has 136 valence electrons. The highest BCUT2D eigenvalue weighted by atomic mass is 19.4. The van der Waals surface area contributed by atoms with Gasteiger partial charge in [0, 0.05) is 25.2 Å². The van der Waals surface area contributed by atoms with Crippen LogP contribution in [0.5, 0.6) is 5.75 Å². The quantitative estimate of drug-likeness (QED) is 0.565. The van der Waals surface area contributed by atoms with Crippen LogP contribution >= 0.6 is 0 Å². The number of hydrogen-bond donors (Lipinski definition) is 1. The Morgan fingerprint density at radius 3 is 2.46 bits per heavy atom. The number of nitrogens with zero attached hydrogens (tertiary/aromatic N) is 2. The van der Waals surface area contributed by atoms with E-state index in [1.54, 1.807) is 13.3 Å². The van der Waals surface area contributed by atoms with Gasteiger partial charge in [-0.2, -0.15) is 13.2 Å². The summed E-state index contributed by atoms with van der Waals surface area (Å²) in [7, 11) is 3.11. The Labute approximate surface area is 141 Å². The number of halogens is 3. The summed E-state index contributed by atoms with van der Waals surface area (Å²) >= 11 is 0. The van der Waals surface area contributed by atoms with Crippen LogP contribution in [0.25, 0.3) is 0 Å². The van der Waals surface area contributed by atoms with Gasteiger partial charge in [-0.3, -0.25) is 0 Å². The summed E-state index contributed by atoms with van der Waals surface area (Å²) in [5.41, 5.74) is -2.76. The van der Waals surface area contributed by atoms with Crippen molar-refractivity contribution in [2.45, 2.75) is 44.9 Å². The van der Waals surface area contributed by atoms with Gasteiger partial charge in [-0.25, -0.2) is 4.99 Å². The number of methoxy groups -OCH3 is 1. The number of hydrogen-bond acceptors (Lipinski definition) is 3. The van der Waals surface area contributed by atoms with Crippen molar-refractivity contribution in [3.63, 3.8) is 0 Å². The maximum Gasteiger partial charge on any atom is 0.421 e. The standard InChI is InChI=1S/C17H25F3N2O2/c1-5-7-10-16(23,17(18,19)20)14-9-8-13(11-15(14)24-4)21-12-22(3)6-2/h8-9,11-12,23H,5-7,10H2,1-4H3/b21-12+. The van der Waals surface area contributed by atoms with Gasteiger partial charge in [0.1, 0.15) is 5.75 Å². The van der Waals surface area contributed by atoms with E-state index in [2.05, 4.69) is 4.99 Å². The smallest absolute Gasteiger partial charge is 0.421 e. The molecule has 0 aliphatic carbocycles. The Balaban J connectivity index is 3.28. The molecule has 0 aliphatic rings. The fourth-order valence-corrected chi connectivity index (χ4v) is 2.21. The molecule has 7 heteroatoms. The first kappa shape index (κ1) is 20.3. The molecule has 0 aromatic heterocycles. The molecular weight excluding hydrogens is 321 g/mol. The Morgan fingerprint density at radius 2 is 1.96 bits per heavy atom. The fraction of sp³-hybridized carbons (Fsp3) is 0.588. The first-order valence-electron chi connectivity index (χ1n) is 7.91. The lowest BCUT2D eigenvalue weighted by atomic mass is 9.87. The maximum absolute atomic E-state index is 13.5. The molecule has 24 heavy (non-hydrogen) atoms. The Morgan fingerprint density at radius 1 is 1.29 bits per heavy atom. The number of ether oxygens (including phenoxy) is 1. The second-order valence-electron chi connectivity index (χ2n) is 5.66. The van der Waals surface area contributed by atoms with Crippen LogP contribution in [0.4, 0.5) is 18.9 Å². The predicted octanol–water partition coefficient (Wildman–Crippen LogP) is 4.25. The van der Waals surface area contributed by atoms with Crippen molar-refractivity contribution in [1.82, 2.24) is 4.90 Å². The third-order valence-electron chi connectivity index (χ3n) is 3.89. The average Bonchev–Trinajstić information content (AvgIpc) is 2.56. The molecule has 1 N–H and O–H groups in total. The number of unbranched alkanes of at least 4 members (excludes halogenated alkanes) is 1. The topological polar surface area (TPSA) is 45.1 Å². The van der Waals surface area contributed by atoms with Gasteiger partial charge in [0.05, 0.1) is 19.1 Å². The molecule has 0 amide bonds. The summed E-state index contributed by atoms with van der Waals surface area (Å²) in [6.45, 7) is 4.48. The molecule has 0 fully saturated rings. The molecule has 1 rings (SSSR count). The number of benzene rings is 1. The maximum atomic E-state index is 13.5. The Bertz CT molecular complexity index is 561. The highest BCUT2D eigenvalue weighted by Crippen LogP contribution is 2.46. The van der Waals surface area contributed by atoms with Crippen molar-refractivity contribution in [3.8, 4) is 5.75 Å². The third kappa shape index (κ3) is 4.63. The van der Waals surface area contributed by atoms with Gasteiger partial charge in [-0.1, -0.05) is 19.8 Å². The summed E-state index contributed by atoms with van der Waals surface area (Å²) in [5, 5.41) is 10.4. The van der Waals surface area contributed by atoms with Crippen molar-refractivity contribution in [2.24, 2.45) is 4.99 Å². The molecule has 1 aromatic carbocycles. The van der Waals surface area contributed by atoms with Crippen LogP contribution in [0.1, 0.15) is 38.7 Å². The van der Waals surface area contributed by atoms with E-state index < -0.39 is 18.2 Å². The first-order valence-corrected chi connectivity index (χ1v) is 7.91.